The molecule has 1 saturated heterocycles. The second-order valence-electron chi connectivity index (χ2n) is 8.96. The highest BCUT2D eigenvalue weighted by Gasteiger charge is 2.37. The highest BCUT2D eigenvalue weighted by molar-refractivity contribution is 7.88. The van der Waals surface area contributed by atoms with Gasteiger partial charge < -0.3 is 10.2 Å². The number of piperazine rings is 1. The Morgan fingerprint density at radius 1 is 1.03 bits per heavy atom. The minimum absolute atomic E-state index is 0.122. The Kier molecular flexibility index (Phi) is 8.93. The molecule has 0 saturated carbocycles. The molecule has 2 unspecified atom stereocenters. The lowest BCUT2D eigenvalue weighted by Crippen LogP contribution is -2.50. The minimum atomic E-state index is -3.19. The van der Waals surface area contributed by atoms with Crippen LogP contribution in [-0.2, 0) is 20.2 Å². The van der Waals surface area contributed by atoms with Crippen LogP contribution in [0.15, 0.2) is 42.5 Å². The molecule has 186 valence electrons. The maximum absolute atomic E-state index is 13.6. The van der Waals surface area contributed by atoms with E-state index in [1.165, 1.54) is 10.6 Å². The number of hydrogen-bond acceptors (Lipinski definition) is 4. The molecule has 0 bridgehead atoms. The van der Waals surface area contributed by atoms with Crippen molar-refractivity contribution >= 4 is 50.7 Å². The van der Waals surface area contributed by atoms with Gasteiger partial charge in [-0.2, -0.15) is 4.31 Å². The third-order valence-electron chi connectivity index (χ3n) is 6.50. The van der Waals surface area contributed by atoms with E-state index in [-0.39, 0.29) is 11.9 Å². The molecule has 0 spiro atoms. The average molecular weight is 547 g/mol. The molecule has 10 heteroatoms. The van der Waals surface area contributed by atoms with Gasteiger partial charge in [0, 0.05) is 31.2 Å². The van der Waals surface area contributed by atoms with Crippen molar-refractivity contribution in [3.8, 4) is 0 Å². The van der Waals surface area contributed by atoms with E-state index in [0.29, 0.717) is 54.2 Å². The molecule has 1 aliphatic heterocycles. The first-order valence-electron chi connectivity index (χ1n) is 11.1. The Morgan fingerprint density at radius 3 is 2.21 bits per heavy atom. The third-order valence-corrected chi connectivity index (χ3v) is 8.80. The fourth-order valence-electron chi connectivity index (χ4n) is 4.09. The van der Waals surface area contributed by atoms with E-state index in [4.69, 9.17) is 34.8 Å². The van der Waals surface area contributed by atoms with Crippen LogP contribution < -0.4 is 5.32 Å². The molecule has 0 aliphatic carbocycles. The number of nitrogens with one attached hydrogen (secondary N) is 1. The first-order valence-corrected chi connectivity index (χ1v) is 14.1. The summed E-state index contributed by atoms with van der Waals surface area (Å²) in [4.78, 5) is 15.8. The van der Waals surface area contributed by atoms with Crippen molar-refractivity contribution in [2.45, 2.75) is 31.7 Å². The van der Waals surface area contributed by atoms with E-state index in [1.807, 2.05) is 32.0 Å². The van der Waals surface area contributed by atoms with Crippen LogP contribution in [0, 0.1) is 0 Å². The number of sulfonamides is 1. The molecular formula is C24H30Cl3N3O3S. The second-order valence-corrected chi connectivity index (χ2v) is 12.2. The number of carbonyl (C=O) groups excluding carboxylic acids is 1. The summed E-state index contributed by atoms with van der Waals surface area (Å²) in [6.45, 7) is 6.60. The molecule has 1 fully saturated rings. The van der Waals surface area contributed by atoms with E-state index in [1.54, 1.807) is 24.3 Å². The van der Waals surface area contributed by atoms with E-state index < -0.39 is 15.4 Å². The van der Waals surface area contributed by atoms with Crippen LogP contribution in [0.25, 0.3) is 0 Å². The zero-order chi connectivity index (χ0) is 25.1. The predicted octanol–water partition coefficient (Wildman–Crippen LogP) is 4.75. The van der Waals surface area contributed by atoms with E-state index in [9.17, 15) is 13.2 Å². The lowest BCUT2D eigenvalue weighted by Gasteiger charge is -2.36. The summed E-state index contributed by atoms with van der Waals surface area (Å²) in [5, 5.41) is 4.60. The molecule has 0 aromatic heterocycles. The Balaban J connectivity index is 1.77. The summed E-state index contributed by atoms with van der Waals surface area (Å²) in [6, 6.07) is 12.5. The number of halogens is 3. The zero-order valence-corrected chi connectivity index (χ0v) is 22.6. The predicted molar refractivity (Wildman–Crippen MR) is 139 cm³/mol. The van der Waals surface area contributed by atoms with Crippen molar-refractivity contribution in [1.29, 1.82) is 0 Å². The van der Waals surface area contributed by atoms with Crippen molar-refractivity contribution in [3.05, 3.63) is 68.7 Å². The molecule has 0 radical (unpaired) electrons. The summed E-state index contributed by atoms with van der Waals surface area (Å²) in [5.74, 6) is -0.122. The molecule has 3 rings (SSSR count). The van der Waals surface area contributed by atoms with E-state index >= 15 is 0 Å². The van der Waals surface area contributed by atoms with Gasteiger partial charge in [0.2, 0.25) is 15.9 Å². The third kappa shape index (κ3) is 6.65. The van der Waals surface area contributed by atoms with Gasteiger partial charge in [-0.15, -0.1) is 0 Å². The van der Waals surface area contributed by atoms with Crippen LogP contribution in [0.4, 0.5) is 0 Å². The summed E-state index contributed by atoms with van der Waals surface area (Å²) in [7, 11) is -3.19. The molecule has 2 atom stereocenters. The molecule has 2 aromatic carbocycles. The number of rotatable bonds is 8. The Morgan fingerprint density at radius 2 is 1.65 bits per heavy atom. The fourth-order valence-corrected chi connectivity index (χ4v) is 5.34. The smallest absolute Gasteiger partial charge is 0.230 e. The number of nitrogens with zero attached hydrogens (tertiary/aromatic N) is 2. The lowest BCUT2D eigenvalue weighted by molar-refractivity contribution is -0.127. The standard InChI is InChI=1S/C24H30Cl3N3O3S/c1-17(18-4-7-20(25)8-5-18)28-23(31)24(2,19-6-9-21(26)22(27)16-19)10-11-29-12-14-30(15-13-29)34(3,32)33/h4-9,16-17H,10-15H2,1-3H3,(H,28,31). The van der Waals surface area contributed by atoms with Crippen LogP contribution in [0.5, 0.6) is 0 Å². The van der Waals surface area contributed by atoms with Gasteiger partial charge in [0.05, 0.1) is 27.8 Å². The first kappa shape index (κ1) is 27.2. The van der Waals surface area contributed by atoms with Gasteiger partial charge in [-0.25, -0.2) is 8.42 Å². The topological polar surface area (TPSA) is 69.7 Å². The largest absolute Gasteiger partial charge is 0.349 e. The maximum atomic E-state index is 13.6. The SMILES string of the molecule is CC(NC(=O)C(C)(CCN1CCN(S(C)(=O)=O)CC1)c1ccc(Cl)c(Cl)c1)c1ccc(Cl)cc1. The van der Waals surface area contributed by atoms with Gasteiger partial charge in [0.25, 0.3) is 0 Å². The Bertz CT molecular complexity index is 1120. The Hall–Kier alpha value is -1.35. The fraction of sp³-hybridized carbons (Fsp3) is 0.458. The molecule has 1 aliphatic rings. The quantitative estimate of drug-likeness (QED) is 0.519. The molecule has 34 heavy (non-hydrogen) atoms. The number of amides is 1. The van der Waals surface area contributed by atoms with E-state index in [2.05, 4.69) is 10.2 Å². The molecular weight excluding hydrogens is 517 g/mol. The van der Waals surface area contributed by atoms with Crippen molar-refractivity contribution in [2.75, 3.05) is 39.0 Å². The maximum Gasteiger partial charge on any atom is 0.230 e. The van der Waals surface area contributed by atoms with Crippen LogP contribution in [0.2, 0.25) is 15.1 Å². The van der Waals surface area contributed by atoms with Crippen molar-refractivity contribution < 1.29 is 13.2 Å². The second kappa shape index (κ2) is 11.1. The van der Waals surface area contributed by atoms with Gasteiger partial charge in [-0.3, -0.25) is 4.79 Å². The average Bonchev–Trinajstić information content (AvgIpc) is 2.79. The number of hydrogen-bond donors (Lipinski definition) is 1. The van der Waals surface area contributed by atoms with Gasteiger partial charge in [-0.1, -0.05) is 53.0 Å². The van der Waals surface area contributed by atoms with Gasteiger partial charge in [0.15, 0.2) is 0 Å². The van der Waals surface area contributed by atoms with E-state index in [0.717, 1.165) is 11.1 Å². The van der Waals surface area contributed by atoms with Crippen molar-refractivity contribution in [3.63, 3.8) is 0 Å². The normalized spacial score (nSPS) is 18.3. The summed E-state index contributed by atoms with van der Waals surface area (Å²) >= 11 is 18.4. The minimum Gasteiger partial charge on any atom is -0.349 e. The van der Waals surface area contributed by atoms with Crippen molar-refractivity contribution in [1.82, 2.24) is 14.5 Å². The molecule has 1 heterocycles. The molecule has 2 aromatic rings. The van der Waals surface area contributed by atoms with Crippen LogP contribution in [-0.4, -0.2) is 62.5 Å². The lowest BCUT2D eigenvalue weighted by atomic mass is 9.78. The van der Waals surface area contributed by atoms with Gasteiger partial charge in [0.1, 0.15) is 0 Å². The van der Waals surface area contributed by atoms with Crippen LogP contribution >= 0.6 is 34.8 Å². The van der Waals surface area contributed by atoms with Crippen LogP contribution in [0.3, 0.4) is 0 Å². The summed E-state index contributed by atoms with van der Waals surface area (Å²) < 4.78 is 25.1. The molecule has 6 nitrogen and oxygen atoms in total. The highest BCUT2D eigenvalue weighted by atomic mass is 35.5. The number of carbonyl (C=O) groups is 1. The zero-order valence-electron chi connectivity index (χ0n) is 19.5. The van der Waals surface area contributed by atoms with Gasteiger partial charge >= 0.3 is 0 Å². The van der Waals surface area contributed by atoms with Gasteiger partial charge in [-0.05, 0) is 62.2 Å². The molecule has 1 amide bonds. The first-order chi connectivity index (χ1) is 15.9. The highest BCUT2D eigenvalue weighted by Crippen LogP contribution is 2.34. The Labute approximate surface area is 217 Å². The summed E-state index contributed by atoms with van der Waals surface area (Å²) in [5.41, 5.74) is 0.853. The monoisotopic (exact) mass is 545 g/mol. The molecule has 1 N–H and O–H groups in total. The summed E-state index contributed by atoms with van der Waals surface area (Å²) in [6.07, 6.45) is 1.76. The van der Waals surface area contributed by atoms with Crippen molar-refractivity contribution in [2.24, 2.45) is 0 Å². The van der Waals surface area contributed by atoms with Crippen LogP contribution in [0.1, 0.15) is 37.4 Å². The number of benzene rings is 2.